The maximum atomic E-state index is 9.75. The van der Waals surface area contributed by atoms with Crippen molar-refractivity contribution in [3.63, 3.8) is 0 Å². The molecule has 0 amide bonds. The van der Waals surface area contributed by atoms with Crippen LogP contribution < -0.4 is 0 Å². The van der Waals surface area contributed by atoms with Gasteiger partial charge in [0.25, 0.3) is 0 Å². The minimum atomic E-state index is -6.00. The molecule has 1 rings (SSSR count). The van der Waals surface area contributed by atoms with Crippen molar-refractivity contribution in [3.05, 3.63) is 0 Å². The van der Waals surface area contributed by atoms with Gasteiger partial charge in [0.15, 0.2) is 0 Å². The van der Waals surface area contributed by atoms with Gasteiger partial charge in [-0.25, -0.2) is 0 Å². The van der Waals surface area contributed by atoms with E-state index in [1.165, 1.54) is 25.9 Å². The van der Waals surface area contributed by atoms with Crippen molar-refractivity contribution >= 4 is 43.5 Å². The Morgan fingerprint density at radius 2 is 0.389 bits per heavy atom. The lowest BCUT2D eigenvalue weighted by atomic mass is 10.3. The normalized spacial score (nSPS) is 14.2. The van der Waals surface area contributed by atoms with E-state index in [0.717, 1.165) is 0 Å². The van der Waals surface area contributed by atoms with Crippen LogP contribution in [0.3, 0.4) is 0 Å². The molecule has 0 aromatic carbocycles. The molecule has 1 aliphatic heterocycles. The standard InChI is InChI=1S/C5H11N.6BF4/c1-6-4-2-3-5-6;6*2-1(3,4)5/h2-5H2,1H3;;;;;;/q;6*-1. The number of hydrogen-bond acceptors (Lipinski definition) is 1. The maximum absolute atomic E-state index is 9.75. The molecule has 228 valence electrons. The van der Waals surface area contributed by atoms with Gasteiger partial charge >= 0.3 is 43.5 Å². The third-order valence-corrected chi connectivity index (χ3v) is 1.33. The second-order valence-electron chi connectivity index (χ2n) is 4.98. The van der Waals surface area contributed by atoms with Crippen molar-refractivity contribution in [3.8, 4) is 0 Å². The number of halogens is 24. The van der Waals surface area contributed by atoms with E-state index in [-0.39, 0.29) is 0 Å². The highest BCUT2D eigenvalue weighted by molar-refractivity contribution is 6.51. The molecule has 0 atom stereocenters. The van der Waals surface area contributed by atoms with Crippen LogP contribution in [0.4, 0.5) is 104 Å². The predicted octanol–water partition coefficient (Wildman–Crippen LogP) is 8.51. The Morgan fingerprint density at radius 3 is 0.417 bits per heavy atom. The van der Waals surface area contributed by atoms with Gasteiger partial charge in [0.1, 0.15) is 0 Å². The first-order chi connectivity index (χ1) is 14.9. The third-order valence-electron chi connectivity index (χ3n) is 1.33. The molecule has 0 aromatic heterocycles. The first-order valence-electron chi connectivity index (χ1n) is 7.82. The van der Waals surface area contributed by atoms with Crippen molar-refractivity contribution in [2.75, 3.05) is 20.1 Å². The van der Waals surface area contributed by atoms with E-state index in [1.54, 1.807) is 0 Å². The first kappa shape index (κ1) is 47.8. The summed E-state index contributed by atoms with van der Waals surface area (Å²) < 4.78 is 234. The molecule has 0 spiro atoms. The predicted molar refractivity (Wildman–Crippen MR) is 87.8 cm³/mol. The highest BCUT2D eigenvalue weighted by Crippen LogP contribution is 2.09. The van der Waals surface area contributed by atoms with E-state index >= 15 is 0 Å². The van der Waals surface area contributed by atoms with Crippen molar-refractivity contribution in [1.29, 1.82) is 0 Å². The third kappa shape index (κ3) is 1020. The minimum Gasteiger partial charge on any atom is -0.418 e. The van der Waals surface area contributed by atoms with E-state index < -0.39 is 43.5 Å². The summed E-state index contributed by atoms with van der Waals surface area (Å²) in [6.45, 7) is 2.64. The summed E-state index contributed by atoms with van der Waals surface area (Å²) >= 11 is 0. The lowest BCUT2D eigenvalue weighted by Gasteiger charge is -2.01. The van der Waals surface area contributed by atoms with Crippen LogP contribution in [-0.4, -0.2) is 68.6 Å². The Kier molecular flexibility index (Phi) is 27.5. The number of rotatable bonds is 0. The van der Waals surface area contributed by atoms with Gasteiger partial charge in [-0.05, 0) is 33.0 Å². The summed E-state index contributed by atoms with van der Waals surface area (Å²) in [5, 5.41) is 0. The van der Waals surface area contributed by atoms with Crippen molar-refractivity contribution in [1.82, 2.24) is 4.90 Å². The largest absolute Gasteiger partial charge is 0.673 e. The summed E-state index contributed by atoms with van der Waals surface area (Å²) in [7, 11) is -33.8. The summed E-state index contributed by atoms with van der Waals surface area (Å²) in [5.41, 5.74) is 0. The van der Waals surface area contributed by atoms with Gasteiger partial charge in [-0.2, -0.15) is 0 Å². The molecule has 1 nitrogen and oxygen atoms in total. The molecular formula is C5H11B6F24N-6. The zero-order valence-electron chi connectivity index (χ0n) is 16.8. The second kappa shape index (κ2) is 20.7. The van der Waals surface area contributed by atoms with Crippen LogP contribution in [-0.2, 0) is 0 Å². The van der Waals surface area contributed by atoms with Crippen molar-refractivity contribution in [2.24, 2.45) is 0 Å². The maximum Gasteiger partial charge on any atom is 0.673 e. The Labute approximate surface area is 186 Å². The Bertz CT molecular complexity index is 324. The first-order valence-corrected chi connectivity index (χ1v) is 7.82. The summed E-state index contributed by atoms with van der Waals surface area (Å²) in [6, 6.07) is 0. The zero-order chi connectivity index (χ0) is 31.4. The fourth-order valence-electron chi connectivity index (χ4n) is 0.875. The fourth-order valence-corrected chi connectivity index (χ4v) is 0.875. The van der Waals surface area contributed by atoms with Crippen LogP contribution in [0.2, 0.25) is 0 Å². The summed E-state index contributed by atoms with van der Waals surface area (Å²) in [6.07, 6.45) is 2.83. The average molecular weight is 606 g/mol. The molecule has 0 saturated carbocycles. The molecule has 0 unspecified atom stereocenters. The highest BCUT2D eigenvalue weighted by atomic mass is 19.5. The van der Waals surface area contributed by atoms with Gasteiger partial charge in [-0.1, -0.05) is 0 Å². The Hall–Kier alpha value is -1.33. The molecule has 36 heavy (non-hydrogen) atoms. The molecule has 1 fully saturated rings. The van der Waals surface area contributed by atoms with E-state index in [4.69, 9.17) is 0 Å². The zero-order valence-corrected chi connectivity index (χ0v) is 16.8. The van der Waals surface area contributed by atoms with Crippen LogP contribution in [0.1, 0.15) is 12.8 Å². The fraction of sp³-hybridized carbons (Fsp3) is 1.00. The van der Waals surface area contributed by atoms with Crippen LogP contribution in [0.15, 0.2) is 0 Å². The number of likely N-dealkylation sites (tertiary alicyclic amines) is 1. The molecule has 0 aliphatic carbocycles. The van der Waals surface area contributed by atoms with Gasteiger partial charge in [0, 0.05) is 0 Å². The van der Waals surface area contributed by atoms with Gasteiger partial charge in [0.2, 0.25) is 0 Å². The Morgan fingerprint density at radius 1 is 0.306 bits per heavy atom. The molecule has 0 N–H and O–H groups in total. The van der Waals surface area contributed by atoms with Crippen LogP contribution in [0.5, 0.6) is 0 Å². The van der Waals surface area contributed by atoms with Crippen molar-refractivity contribution < 1.29 is 104 Å². The monoisotopic (exact) mass is 607 g/mol. The molecule has 0 radical (unpaired) electrons. The highest BCUT2D eigenvalue weighted by Gasteiger charge is 2.22. The number of hydrogen-bond donors (Lipinski definition) is 0. The van der Waals surface area contributed by atoms with Gasteiger partial charge in [0.05, 0.1) is 0 Å². The average Bonchev–Trinajstić information content (AvgIpc) is 2.76. The molecule has 31 heteroatoms. The van der Waals surface area contributed by atoms with Gasteiger partial charge < -0.3 is 108 Å². The summed E-state index contributed by atoms with van der Waals surface area (Å²) in [4.78, 5) is 2.36. The quantitative estimate of drug-likeness (QED) is 0.198. The smallest absolute Gasteiger partial charge is 0.418 e. The summed E-state index contributed by atoms with van der Waals surface area (Å²) in [5.74, 6) is 0. The lowest BCUT2D eigenvalue weighted by Crippen LogP contribution is -2.10. The number of nitrogens with zero attached hydrogens (tertiary/aromatic N) is 1. The lowest BCUT2D eigenvalue weighted by molar-refractivity contribution is 0.366. The Balaban J connectivity index is -0.0000000731. The van der Waals surface area contributed by atoms with E-state index in [9.17, 15) is 104 Å². The molecule has 0 aromatic rings. The van der Waals surface area contributed by atoms with Crippen LogP contribution in [0.25, 0.3) is 0 Å². The van der Waals surface area contributed by atoms with Gasteiger partial charge in [-0.3, -0.25) is 0 Å². The van der Waals surface area contributed by atoms with E-state index in [2.05, 4.69) is 11.9 Å². The molecular weight excluding hydrogens is 595 g/mol. The van der Waals surface area contributed by atoms with Gasteiger partial charge in [-0.15, -0.1) is 0 Å². The second-order valence-corrected chi connectivity index (χ2v) is 4.98. The van der Waals surface area contributed by atoms with Crippen LogP contribution >= 0.6 is 0 Å². The topological polar surface area (TPSA) is 3.24 Å². The molecule has 1 heterocycles. The minimum absolute atomic E-state index is 1.32. The van der Waals surface area contributed by atoms with E-state index in [0.29, 0.717) is 0 Å². The molecule has 0 bridgehead atoms. The van der Waals surface area contributed by atoms with E-state index in [1.807, 2.05) is 0 Å². The molecule has 1 aliphatic rings. The van der Waals surface area contributed by atoms with Crippen LogP contribution in [0, 0.1) is 0 Å². The van der Waals surface area contributed by atoms with Crippen molar-refractivity contribution in [2.45, 2.75) is 12.8 Å². The SMILES string of the molecule is CN1CCCC1.F[B-](F)(F)F.F[B-](F)(F)F.F[B-](F)(F)F.F[B-](F)(F)F.F[B-](F)(F)F.F[B-](F)(F)F. The molecule has 1 saturated heterocycles.